The maximum absolute atomic E-state index is 13.1. The van der Waals surface area contributed by atoms with Gasteiger partial charge in [0.15, 0.2) is 0 Å². The zero-order valence-corrected chi connectivity index (χ0v) is 16.6. The molecule has 3 heterocycles. The lowest BCUT2D eigenvalue weighted by molar-refractivity contribution is 0.122. The second-order valence-corrected chi connectivity index (χ2v) is 7.22. The van der Waals surface area contributed by atoms with Crippen LogP contribution in [-0.2, 0) is 4.74 Å². The summed E-state index contributed by atoms with van der Waals surface area (Å²) < 4.78 is 18.6. The number of morpholine rings is 1. The van der Waals surface area contributed by atoms with E-state index in [9.17, 15) is 4.39 Å². The van der Waals surface area contributed by atoms with Crippen molar-refractivity contribution < 1.29 is 9.13 Å². The molecule has 0 bridgehead atoms. The molecule has 2 fully saturated rings. The van der Waals surface area contributed by atoms with Crippen LogP contribution in [0.2, 0.25) is 0 Å². The summed E-state index contributed by atoms with van der Waals surface area (Å²) in [6.45, 7) is 6.58. The van der Waals surface area contributed by atoms with E-state index in [0.29, 0.717) is 31.1 Å². The molecule has 9 heteroatoms. The van der Waals surface area contributed by atoms with Crippen LogP contribution in [0.4, 0.5) is 22.2 Å². The fraction of sp³-hybridized carbons (Fsp3) is 0.500. The van der Waals surface area contributed by atoms with Crippen molar-refractivity contribution >= 4 is 23.6 Å². The molecule has 1 aromatic heterocycles. The number of hydrogen-bond acceptors (Lipinski definition) is 8. The molecule has 2 aliphatic heterocycles. The number of nitrogens with zero attached hydrogens (tertiary/aromatic N) is 6. The lowest BCUT2D eigenvalue weighted by Crippen LogP contribution is -2.38. The highest BCUT2D eigenvalue weighted by molar-refractivity contribution is 5.98. The van der Waals surface area contributed by atoms with Crippen LogP contribution in [0.3, 0.4) is 0 Å². The van der Waals surface area contributed by atoms with Crippen molar-refractivity contribution in [1.82, 2.24) is 15.0 Å². The Morgan fingerprint density at radius 3 is 2.21 bits per heavy atom. The minimum Gasteiger partial charge on any atom is -0.378 e. The van der Waals surface area contributed by atoms with Crippen LogP contribution in [0.15, 0.2) is 29.4 Å². The second kappa shape index (κ2) is 9.13. The van der Waals surface area contributed by atoms with Crippen molar-refractivity contribution in [1.29, 1.82) is 0 Å². The van der Waals surface area contributed by atoms with E-state index < -0.39 is 0 Å². The summed E-state index contributed by atoms with van der Waals surface area (Å²) in [7, 11) is 0. The first-order valence-corrected chi connectivity index (χ1v) is 10.1. The molecule has 0 amide bonds. The minimum atomic E-state index is -0.270. The van der Waals surface area contributed by atoms with Gasteiger partial charge in [0.1, 0.15) is 5.82 Å². The highest BCUT2D eigenvalue weighted by atomic mass is 19.1. The first kappa shape index (κ1) is 19.5. The van der Waals surface area contributed by atoms with Gasteiger partial charge in [-0.3, -0.25) is 0 Å². The number of anilines is 3. The predicted octanol–water partition coefficient (Wildman–Crippen LogP) is 2.67. The molecular weight excluding hydrogens is 373 g/mol. The Morgan fingerprint density at radius 2 is 1.55 bits per heavy atom. The first-order chi connectivity index (χ1) is 14.2. The Morgan fingerprint density at radius 1 is 0.931 bits per heavy atom. The molecule has 2 aromatic rings. The van der Waals surface area contributed by atoms with Crippen molar-refractivity contribution in [3.63, 3.8) is 0 Å². The highest BCUT2D eigenvalue weighted by Crippen LogP contribution is 2.21. The van der Waals surface area contributed by atoms with Crippen LogP contribution in [-0.4, -0.2) is 60.1 Å². The molecule has 0 spiro atoms. The van der Waals surface area contributed by atoms with E-state index in [2.05, 4.69) is 30.3 Å². The molecule has 1 N–H and O–H groups in total. The lowest BCUT2D eigenvalue weighted by atomic mass is 10.1. The van der Waals surface area contributed by atoms with Crippen molar-refractivity contribution in [2.24, 2.45) is 5.10 Å². The number of piperidine rings is 1. The quantitative estimate of drug-likeness (QED) is 0.612. The molecule has 0 atom stereocenters. The van der Waals surface area contributed by atoms with Gasteiger partial charge in [0, 0.05) is 26.2 Å². The molecule has 1 aromatic carbocycles. The van der Waals surface area contributed by atoms with Gasteiger partial charge < -0.3 is 14.5 Å². The Balaban J connectivity index is 1.58. The van der Waals surface area contributed by atoms with E-state index in [-0.39, 0.29) is 5.82 Å². The van der Waals surface area contributed by atoms with Gasteiger partial charge in [-0.15, -0.1) is 0 Å². The number of benzene rings is 1. The Labute approximate surface area is 169 Å². The summed E-state index contributed by atoms with van der Waals surface area (Å²) in [6.07, 6.45) is 3.52. The SMILES string of the molecule is C/C(=N/Nc1nc(N2CCCCC2)nc(N2CCOCC2)n1)c1ccc(F)cc1. The van der Waals surface area contributed by atoms with Gasteiger partial charge in [0.05, 0.1) is 18.9 Å². The standard InChI is InChI=1S/C20H26FN7O/c1-15(16-5-7-17(21)8-6-16)25-26-18-22-19(27-9-3-2-4-10-27)24-20(23-18)28-11-13-29-14-12-28/h5-8H,2-4,9-14H2,1H3,(H,22,23,24,26)/b25-15-. The normalized spacial score (nSPS) is 18.1. The third-order valence-corrected chi connectivity index (χ3v) is 5.13. The lowest BCUT2D eigenvalue weighted by Gasteiger charge is -2.30. The monoisotopic (exact) mass is 399 g/mol. The number of nitrogens with one attached hydrogen (secondary N) is 1. The van der Waals surface area contributed by atoms with Gasteiger partial charge in [-0.2, -0.15) is 20.1 Å². The van der Waals surface area contributed by atoms with Gasteiger partial charge in [-0.25, -0.2) is 9.82 Å². The van der Waals surface area contributed by atoms with Crippen LogP contribution >= 0.6 is 0 Å². The largest absolute Gasteiger partial charge is 0.378 e. The van der Waals surface area contributed by atoms with E-state index in [1.165, 1.54) is 18.6 Å². The molecule has 0 saturated carbocycles. The van der Waals surface area contributed by atoms with Gasteiger partial charge in [-0.1, -0.05) is 12.1 Å². The van der Waals surface area contributed by atoms with Crippen molar-refractivity contribution in [3.05, 3.63) is 35.6 Å². The summed E-state index contributed by atoms with van der Waals surface area (Å²) in [5.74, 6) is 1.45. The van der Waals surface area contributed by atoms with Gasteiger partial charge in [-0.05, 0) is 43.9 Å². The summed E-state index contributed by atoms with van der Waals surface area (Å²) >= 11 is 0. The smallest absolute Gasteiger partial charge is 0.250 e. The number of rotatable bonds is 5. The zero-order chi connectivity index (χ0) is 20.1. The van der Waals surface area contributed by atoms with Crippen molar-refractivity contribution in [2.45, 2.75) is 26.2 Å². The average molecular weight is 399 g/mol. The van der Waals surface area contributed by atoms with Crippen LogP contribution in [0.5, 0.6) is 0 Å². The van der Waals surface area contributed by atoms with Crippen molar-refractivity contribution in [2.75, 3.05) is 54.6 Å². The Hall–Kier alpha value is -2.81. The molecule has 0 unspecified atom stereocenters. The first-order valence-electron chi connectivity index (χ1n) is 10.1. The van der Waals surface area contributed by atoms with Crippen LogP contribution in [0.1, 0.15) is 31.7 Å². The van der Waals surface area contributed by atoms with E-state index >= 15 is 0 Å². The predicted molar refractivity (Wildman–Crippen MR) is 111 cm³/mol. The third-order valence-electron chi connectivity index (χ3n) is 5.13. The summed E-state index contributed by atoms with van der Waals surface area (Å²) in [4.78, 5) is 18.2. The molecule has 154 valence electrons. The molecule has 4 rings (SSSR count). The van der Waals surface area contributed by atoms with E-state index in [4.69, 9.17) is 9.72 Å². The summed E-state index contributed by atoms with van der Waals surface area (Å²) in [5.41, 5.74) is 4.52. The second-order valence-electron chi connectivity index (χ2n) is 7.22. The Bertz CT molecular complexity index is 810. The Kier molecular flexibility index (Phi) is 6.14. The highest BCUT2D eigenvalue weighted by Gasteiger charge is 2.20. The number of halogens is 1. The summed E-state index contributed by atoms with van der Waals surface area (Å²) in [6, 6.07) is 6.23. The number of aromatic nitrogens is 3. The van der Waals surface area contributed by atoms with E-state index in [1.54, 1.807) is 12.1 Å². The van der Waals surface area contributed by atoms with Crippen LogP contribution < -0.4 is 15.2 Å². The molecular formula is C20H26FN7O. The molecule has 0 radical (unpaired) electrons. The van der Waals surface area contributed by atoms with E-state index in [0.717, 1.165) is 50.3 Å². The number of hydrogen-bond donors (Lipinski definition) is 1. The van der Waals surface area contributed by atoms with Gasteiger partial charge in [0.2, 0.25) is 17.8 Å². The molecule has 2 aliphatic rings. The third kappa shape index (κ3) is 4.97. The van der Waals surface area contributed by atoms with E-state index in [1.807, 2.05) is 6.92 Å². The number of ether oxygens (including phenoxy) is 1. The summed E-state index contributed by atoms with van der Waals surface area (Å²) in [5, 5.41) is 4.40. The topological polar surface area (TPSA) is 78.8 Å². The fourth-order valence-electron chi connectivity index (χ4n) is 3.43. The van der Waals surface area contributed by atoms with Crippen LogP contribution in [0.25, 0.3) is 0 Å². The van der Waals surface area contributed by atoms with Gasteiger partial charge >= 0.3 is 0 Å². The molecule has 2 saturated heterocycles. The van der Waals surface area contributed by atoms with Gasteiger partial charge in [0.25, 0.3) is 0 Å². The maximum Gasteiger partial charge on any atom is 0.250 e. The number of hydrazone groups is 1. The molecule has 8 nitrogen and oxygen atoms in total. The van der Waals surface area contributed by atoms with Crippen LogP contribution in [0, 0.1) is 5.82 Å². The van der Waals surface area contributed by atoms with Crippen molar-refractivity contribution in [3.8, 4) is 0 Å². The fourth-order valence-corrected chi connectivity index (χ4v) is 3.43. The molecule has 0 aliphatic carbocycles. The maximum atomic E-state index is 13.1. The molecule has 29 heavy (non-hydrogen) atoms. The zero-order valence-electron chi connectivity index (χ0n) is 16.6. The minimum absolute atomic E-state index is 0.270. The average Bonchev–Trinajstić information content (AvgIpc) is 2.79.